The number of oxazole rings is 1. The molecule has 1 atom stereocenters. The first-order valence-corrected chi connectivity index (χ1v) is 5.69. The van der Waals surface area contributed by atoms with Crippen molar-refractivity contribution in [2.45, 2.75) is 12.5 Å². The van der Waals surface area contributed by atoms with Crippen molar-refractivity contribution in [3.8, 4) is 0 Å². The van der Waals surface area contributed by atoms with E-state index < -0.39 is 4.92 Å². The SMILES string of the molecule is Cl.N[C@@H]1CCN(c2nc3cc([N+](=O)[O-])ccc3o2)C1. The average molecular weight is 285 g/mol. The molecule has 0 bridgehead atoms. The summed E-state index contributed by atoms with van der Waals surface area (Å²) in [5, 5.41) is 10.7. The number of hydrogen-bond donors (Lipinski definition) is 1. The van der Waals surface area contributed by atoms with Gasteiger partial charge in [0.25, 0.3) is 11.7 Å². The van der Waals surface area contributed by atoms with Crippen LogP contribution in [0, 0.1) is 10.1 Å². The van der Waals surface area contributed by atoms with Crippen molar-refractivity contribution in [3.63, 3.8) is 0 Å². The molecule has 3 rings (SSSR count). The van der Waals surface area contributed by atoms with Gasteiger partial charge < -0.3 is 15.1 Å². The highest BCUT2D eigenvalue weighted by Gasteiger charge is 2.23. The molecule has 1 fully saturated rings. The number of aromatic nitrogens is 1. The lowest BCUT2D eigenvalue weighted by Gasteiger charge is -2.11. The van der Waals surface area contributed by atoms with Gasteiger partial charge >= 0.3 is 0 Å². The molecule has 8 heteroatoms. The zero-order valence-corrected chi connectivity index (χ0v) is 10.8. The maximum Gasteiger partial charge on any atom is 0.298 e. The minimum Gasteiger partial charge on any atom is -0.423 e. The van der Waals surface area contributed by atoms with Crippen LogP contribution < -0.4 is 10.6 Å². The maximum atomic E-state index is 10.7. The van der Waals surface area contributed by atoms with Gasteiger partial charge in [0.1, 0.15) is 5.52 Å². The van der Waals surface area contributed by atoms with Gasteiger partial charge in [-0.15, -0.1) is 12.4 Å². The highest BCUT2D eigenvalue weighted by Crippen LogP contribution is 2.27. The summed E-state index contributed by atoms with van der Waals surface area (Å²) in [6, 6.07) is 5.01. The molecule has 1 aromatic carbocycles. The zero-order chi connectivity index (χ0) is 12.7. The van der Waals surface area contributed by atoms with Gasteiger partial charge in [-0.05, 0) is 12.5 Å². The first-order valence-electron chi connectivity index (χ1n) is 5.69. The molecule has 0 radical (unpaired) electrons. The van der Waals surface area contributed by atoms with Gasteiger partial charge in [-0.3, -0.25) is 10.1 Å². The van der Waals surface area contributed by atoms with Crippen molar-refractivity contribution in [1.82, 2.24) is 4.98 Å². The van der Waals surface area contributed by atoms with Gasteiger partial charge in [-0.25, -0.2) is 0 Å². The van der Waals surface area contributed by atoms with E-state index in [1.54, 1.807) is 6.07 Å². The standard InChI is InChI=1S/C11H12N4O3.ClH/c12-7-3-4-14(6-7)11-13-9-5-8(15(16)17)1-2-10(9)18-11;/h1-2,5,7H,3-4,6,12H2;1H/t7-;/m1./s1. The van der Waals surface area contributed by atoms with Crippen molar-refractivity contribution in [2.24, 2.45) is 5.73 Å². The number of halogens is 1. The molecule has 0 amide bonds. The second kappa shape index (κ2) is 5.02. The van der Waals surface area contributed by atoms with Crippen LogP contribution in [0.15, 0.2) is 22.6 Å². The molecule has 2 aromatic rings. The Labute approximate surface area is 114 Å². The Kier molecular flexibility index (Phi) is 3.59. The van der Waals surface area contributed by atoms with Gasteiger partial charge in [0.05, 0.1) is 4.92 Å². The van der Waals surface area contributed by atoms with Crippen LogP contribution in [-0.4, -0.2) is 29.0 Å². The maximum absolute atomic E-state index is 10.7. The van der Waals surface area contributed by atoms with E-state index in [-0.39, 0.29) is 24.1 Å². The third kappa shape index (κ3) is 2.47. The molecule has 0 aliphatic carbocycles. The van der Waals surface area contributed by atoms with Crippen molar-refractivity contribution in [3.05, 3.63) is 28.3 Å². The summed E-state index contributed by atoms with van der Waals surface area (Å²) in [7, 11) is 0. The van der Waals surface area contributed by atoms with Gasteiger partial charge in [0.2, 0.25) is 0 Å². The van der Waals surface area contributed by atoms with E-state index in [0.717, 1.165) is 13.0 Å². The number of benzene rings is 1. The van der Waals surface area contributed by atoms with Crippen LogP contribution >= 0.6 is 12.4 Å². The molecular weight excluding hydrogens is 272 g/mol. The second-order valence-corrected chi connectivity index (χ2v) is 4.40. The van der Waals surface area contributed by atoms with Crippen molar-refractivity contribution < 1.29 is 9.34 Å². The fourth-order valence-electron chi connectivity index (χ4n) is 2.11. The number of non-ortho nitro benzene ring substituents is 1. The lowest BCUT2D eigenvalue weighted by Crippen LogP contribution is -2.26. The normalized spacial score (nSPS) is 18.6. The molecule has 2 N–H and O–H groups in total. The predicted octanol–water partition coefficient (Wildman–Crippen LogP) is 1.70. The Balaban J connectivity index is 0.00000133. The number of nitro benzene ring substituents is 1. The van der Waals surface area contributed by atoms with E-state index >= 15 is 0 Å². The Bertz CT molecular complexity index is 615. The van der Waals surface area contributed by atoms with E-state index in [2.05, 4.69) is 4.98 Å². The molecule has 7 nitrogen and oxygen atoms in total. The molecule has 19 heavy (non-hydrogen) atoms. The zero-order valence-electron chi connectivity index (χ0n) is 9.98. The summed E-state index contributed by atoms with van der Waals surface area (Å²) in [6.45, 7) is 1.50. The van der Waals surface area contributed by atoms with E-state index in [1.807, 2.05) is 4.90 Å². The van der Waals surface area contributed by atoms with E-state index in [1.165, 1.54) is 12.1 Å². The number of hydrogen-bond acceptors (Lipinski definition) is 6. The number of anilines is 1. The van der Waals surface area contributed by atoms with Gasteiger partial charge in [0, 0.05) is 31.3 Å². The van der Waals surface area contributed by atoms with Gasteiger partial charge in [0.15, 0.2) is 5.58 Å². The molecule has 1 aliphatic rings. The molecule has 0 saturated carbocycles. The van der Waals surface area contributed by atoms with Crippen LogP contribution in [0.3, 0.4) is 0 Å². The van der Waals surface area contributed by atoms with E-state index in [4.69, 9.17) is 10.2 Å². The van der Waals surface area contributed by atoms with Crippen molar-refractivity contribution in [1.29, 1.82) is 0 Å². The largest absolute Gasteiger partial charge is 0.423 e. The van der Waals surface area contributed by atoms with Crippen molar-refractivity contribution >= 4 is 35.2 Å². The summed E-state index contributed by atoms with van der Waals surface area (Å²) in [6.07, 6.45) is 0.902. The summed E-state index contributed by atoms with van der Waals surface area (Å²) < 4.78 is 5.57. The van der Waals surface area contributed by atoms with Crippen LogP contribution in [0.4, 0.5) is 11.7 Å². The van der Waals surface area contributed by atoms with Gasteiger partial charge in [-0.2, -0.15) is 4.98 Å². The third-order valence-corrected chi connectivity index (χ3v) is 3.07. The number of nitrogens with zero attached hydrogens (tertiary/aromatic N) is 3. The highest BCUT2D eigenvalue weighted by atomic mass is 35.5. The number of fused-ring (bicyclic) bond motifs is 1. The fraction of sp³-hybridized carbons (Fsp3) is 0.364. The van der Waals surface area contributed by atoms with Crippen LogP contribution in [0.2, 0.25) is 0 Å². The third-order valence-electron chi connectivity index (χ3n) is 3.07. The molecule has 102 valence electrons. The Hall–Kier alpha value is -1.86. The van der Waals surface area contributed by atoms with Crippen LogP contribution in [0.5, 0.6) is 0 Å². The molecule has 1 aliphatic heterocycles. The van der Waals surface area contributed by atoms with Crippen LogP contribution in [-0.2, 0) is 0 Å². The van der Waals surface area contributed by atoms with Crippen molar-refractivity contribution in [2.75, 3.05) is 18.0 Å². The predicted molar refractivity (Wildman–Crippen MR) is 72.7 cm³/mol. The van der Waals surface area contributed by atoms with E-state index in [0.29, 0.717) is 23.7 Å². The minimum atomic E-state index is -0.445. The fourth-order valence-corrected chi connectivity index (χ4v) is 2.11. The number of nitrogens with two attached hydrogens (primary N) is 1. The van der Waals surface area contributed by atoms with E-state index in [9.17, 15) is 10.1 Å². The molecule has 1 aromatic heterocycles. The molecular formula is C11H13ClN4O3. The first-order chi connectivity index (χ1) is 8.63. The monoisotopic (exact) mass is 284 g/mol. The molecule has 1 saturated heterocycles. The summed E-state index contributed by atoms with van der Waals surface area (Å²) in [5.41, 5.74) is 6.89. The second-order valence-electron chi connectivity index (χ2n) is 4.40. The Morgan fingerprint density at radius 1 is 1.53 bits per heavy atom. The average Bonchev–Trinajstić information content (AvgIpc) is 2.93. The minimum absolute atomic E-state index is 0. The first kappa shape index (κ1) is 13.6. The topological polar surface area (TPSA) is 98.4 Å². The highest BCUT2D eigenvalue weighted by molar-refractivity contribution is 5.85. The van der Waals surface area contributed by atoms with Gasteiger partial charge in [-0.1, -0.05) is 0 Å². The van der Waals surface area contributed by atoms with Crippen LogP contribution in [0.1, 0.15) is 6.42 Å². The van der Waals surface area contributed by atoms with Crippen LogP contribution in [0.25, 0.3) is 11.1 Å². The lowest BCUT2D eigenvalue weighted by molar-refractivity contribution is -0.384. The molecule has 2 heterocycles. The summed E-state index contributed by atoms with van der Waals surface area (Å²) >= 11 is 0. The Morgan fingerprint density at radius 2 is 2.32 bits per heavy atom. The molecule has 0 unspecified atom stereocenters. The Morgan fingerprint density at radius 3 is 2.95 bits per heavy atom. The lowest BCUT2D eigenvalue weighted by atomic mass is 10.3. The summed E-state index contributed by atoms with van der Waals surface area (Å²) in [5.74, 6) is 0. The smallest absolute Gasteiger partial charge is 0.298 e. The quantitative estimate of drug-likeness (QED) is 0.665. The molecule has 0 spiro atoms. The number of nitro groups is 1. The summed E-state index contributed by atoms with van der Waals surface area (Å²) in [4.78, 5) is 16.5. The number of rotatable bonds is 2.